The fraction of sp³-hybridized carbons (Fsp3) is 1.00. The molecule has 0 nitrogen and oxygen atoms in total. The molecule has 0 fully saturated rings. The molecule has 0 amide bonds. The van der Waals surface area contributed by atoms with Gasteiger partial charge < -0.3 is 1.43 Å². The summed E-state index contributed by atoms with van der Waals surface area (Å²) in [5, 5.41) is 0. The monoisotopic (exact) mass is 208 g/mol. The standard InChI is InChI=1S/C13H28.Na.H/c1-4-7-10-13(11-8-5-2)12-9-6-3;;/h13H,4-12H2,1-3H3;;/q;+1;-1. The topological polar surface area (TPSA) is 0 Å². The average molecular weight is 208 g/mol. The fourth-order valence-corrected chi connectivity index (χ4v) is 1.91. The smallest absolute Gasteiger partial charge is 1.00 e. The van der Waals surface area contributed by atoms with Crippen LogP contribution < -0.4 is 29.6 Å². The van der Waals surface area contributed by atoms with E-state index >= 15 is 0 Å². The van der Waals surface area contributed by atoms with Gasteiger partial charge in [-0.15, -0.1) is 0 Å². The van der Waals surface area contributed by atoms with Gasteiger partial charge in [-0.2, -0.15) is 0 Å². The minimum absolute atomic E-state index is 0. The van der Waals surface area contributed by atoms with Crippen LogP contribution in [-0.4, -0.2) is 0 Å². The number of hydrogen-bond donors (Lipinski definition) is 0. The Labute approximate surface area is 115 Å². The van der Waals surface area contributed by atoms with Crippen molar-refractivity contribution in [2.45, 2.75) is 78.6 Å². The summed E-state index contributed by atoms with van der Waals surface area (Å²) in [6.07, 6.45) is 12.9. The third kappa shape index (κ3) is 11.1. The SMILES string of the molecule is CCCCC(CCCC)CCCC.[H-].[Na+]. The molecule has 0 bridgehead atoms. The van der Waals surface area contributed by atoms with Crippen molar-refractivity contribution in [3.63, 3.8) is 0 Å². The van der Waals surface area contributed by atoms with E-state index in [4.69, 9.17) is 0 Å². The normalized spacial score (nSPS) is 10.3. The van der Waals surface area contributed by atoms with E-state index in [0.29, 0.717) is 0 Å². The molecular formula is C13H29Na. The van der Waals surface area contributed by atoms with Crippen LogP contribution in [0.25, 0.3) is 0 Å². The summed E-state index contributed by atoms with van der Waals surface area (Å²) in [7, 11) is 0. The summed E-state index contributed by atoms with van der Waals surface area (Å²) < 4.78 is 0. The van der Waals surface area contributed by atoms with Crippen molar-refractivity contribution in [1.82, 2.24) is 0 Å². The van der Waals surface area contributed by atoms with Crippen molar-refractivity contribution in [1.29, 1.82) is 0 Å². The van der Waals surface area contributed by atoms with Crippen molar-refractivity contribution in [3.05, 3.63) is 0 Å². The molecule has 14 heavy (non-hydrogen) atoms. The molecular weight excluding hydrogens is 179 g/mol. The molecule has 1 heteroatoms. The van der Waals surface area contributed by atoms with Gasteiger partial charge in [0.1, 0.15) is 0 Å². The molecule has 0 aromatic carbocycles. The molecule has 0 aromatic rings. The predicted octanol–water partition coefficient (Wildman–Crippen LogP) is 2.29. The molecule has 0 atom stereocenters. The zero-order chi connectivity index (χ0) is 9.94. The van der Waals surface area contributed by atoms with E-state index < -0.39 is 0 Å². The Morgan fingerprint density at radius 3 is 1.21 bits per heavy atom. The van der Waals surface area contributed by atoms with Gasteiger partial charge in [0.15, 0.2) is 0 Å². The van der Waals surface area contributed by atoms with Gasteiger partial charge in [0.05, 0.1) is 0 Å². The largest absolute Gasteiger partial charge is 1.00 e. The Balaban J connectivity index is -0.000000720. The summed E-state index contributed by atoms with van der Waals surface area (Å²) in [4.78, 5) is 0. The van der Waals surface area contributed by atoms with Crippen LogP contribution in [0.1, 0.15) is 80.0 Å². The van der Waals surface area contributed by atoms with Crippen LogP contribution in [0.4, 0.5) is 0 Å². The molecule has 0 heterocycles. The van der Waals surface area contributed by atoms with Crippen molar-refractivity contribution in [2.24, 2.45) is 5.92 Å². The molecule has 82 valence electrons. The summed E-state index contributed by atoms with van der Waals surface area (Å²) in [6, 6.07) is 0. The van der Waals surface area contributed by atoms with Crippen LogP contribution in [0.2, 0.25) is 0 Å². The van der Waals surface area contributed by atoms with Gasteiger partial charge in [-0.25, -0.2) is 0 Å². The third-order valence-electron chi connectivity index (χ3n) is 2.90. The number of rotatable bonds is 9. The van der Waals surface area contributed by atoms with Gasteiger partial charge in [0.25, 0.3) is 0 Å². The molecule has 0 unspecified atom stereocenters. The van der Waals surface area contributed by atoms with Gasteiger partial charge in [-0.3, -0.25) is 0 Å². The van der Waals surface area contributed by atoms with E-state index in [2.05, 4.69) is 20.8 Å². The predicted molar refractivity (Wildman–Crippen MR) is 63.2 cm³/mol. The summed E-state index contributed by atoms with van der Waals surface area (Å²) in [6.45, 7) is 6.91. The van der Waals surface area contributed by atoms with Crippen LogP contribution in [-0.2, 0) is 0 Å². The summed E-state index contributed by atoms with van der Waals surface area (Å²) in [5.41, 5.74) is 0. The van der Waals surface area contributed by atoms with Gasteiger partial charge in [-0.1, -0.05) is 78.6 Å². The minimum atomic E-state index is 0. The zero-order valence-electron chi connectivity index (χ0n) is 11.9. The van der Waals surface area contributed by atoms with E-state index in [0.717, 1.165) is 5.92 Å². The van der Waals surface area contributed by atoms with Crippen LogP contribution in [0.5, 0.6) is 0 Å². The molecule has 0 spiro atoms. The second-order valence-corrected chi connectivity index (χ2v) is 4.29. The van der Waals surface area contributed by atoms with Crippen LogP contribution in [0.15, 0.2) is 0 Å². The van der Waals surface area contributed by atoms with Crippen LogP contribution in [0, 0.1) is 5.92 Å². The first kappa shape index (κ1) is 17.4. The molecule has 0 aliphatic heterocycles. The minimum Gasteiger partial charge on any atom is -1.00 e. The van der Waals surface area contributed by atoms with Gasteiger partial charge in [0, 0.05) is 0 Å². The summed E-state index contributed by atoms with van der Waals surface area (Å²) in [5.74, 6) is 1.04. The van der Waals surface area contributed by atoms with E-state index in [1.165, 1.54) is 57.8 Å². The molecule has 0 saturated carbocycles. The van der Waals surface area contributed by atoms with E-state index in [9.17, 15) is 0 Å². The molecule has 0 radical (unpaired) electrons. The average Bonchev–Trinajstić information content (AvgIpc) is 2.17. The van der Waals surface area contributed by atoms with E-state index in [1.807, 2.05) is 0 Å². The first-order valence-electron chi connectivity index (χ1n) is 6.35. The second kappa shape index (κ2) is 14.0. The maximum absolute atomic E-state index is 2.30. The molecule has 0 aliphatic carbocycles. The second-order valence-electron chi connectivity index (χ2n) is 4.29. The Morgan fingerprint density at radius 1 is 0.714 bits per heavy atom. The first-order valence-corrected chi connectivity index (χ1v) is 6.35. The number of hydrogen-bond acceptors (Lipinski definition) is 0. The van der Waals surface area contributed by atoms with Gasteiger partial charge in [-0.05, 0) is 5.92 Å². The van der Waals surface area contributed by atoms with Gasteiger partial charge >= 0.3 is 29.6 Å². The van der Waals surface area contributed by atoms with Crippen LogP contribution >= 0.6 is 0 Å². The van der Waals surface area contributed by atoms with Crippen molar-refractivity contribution >= 4 is 0 Å². The Kier molecular flexibility index (Phi) is 17.4. The Bertz CT molecular complexity index is 77.5. The molecule has 0 rings (SSSR count). The van der Waals surface area contributed by atoms with Crippen molar-refractivity contribution in [3.8, 4) is 0 Å². The van der Waals surface area contributed by atoms with Gasteiger partial charge in [0.2, 0.25) is 0 Å². The van der Waals surface area contributed by atoms with E-state index in [-0.39, 0.29) is 31.0 Å². The third-order valence-corrected chi connectivity index (χ3v) is 2.90. The summed E-state index contributed by atoms with van der Waals surface area (Å²) >= 11 is 0. The number of unbranched alkanes of at least 4 members (excludes halogenated alkanes) is 3. The molecule has 0 N–H and O–H groups in total. The van der Waals surface area contributed by atoms with Crippen molar-refractivity contribution < 1.29 is 31.0 Å². The molecule has 0 saturated heterocycles. The first-order chi connectivity index (χ1) is 6.35. The maximum Gasteiger partial charge on any atom is 1.00 e. The van der Waals surface area contributed by atoms with Crippen molar-refractivity contribution in [2.75, 3.05) is 0 Å². The Hall–Kier alpha value is 1.00. The zero-order valence-corrected chi connectivity index (χ0v) is 12.9. The maximum atomic E-state index is 2.30. The fourth-order valence-electron chi connectivity index (χ4n) is 1.91. The quantitative estimate of drug-likeness (QED) is 0.510. The van der Waals surface area contributed by atoms with Crippen LogP contribution in [0.3, 0.4) is 0 Å². The molecule has 0 aliphatic rings. The van der Waals surface area contributed by atoms with E-state index in [1.54, 1.807) is 0 Å². The molecule has 0 aromatic heterocycles. The Morgan fingerprint density at radius 2 is 1.00 bits per heavy atom.